The van der Waals surface area contributed by atoms with E-state index in [4.69, 9.17) is 4.74 Å². The van der Waals surface area contributed by atoms with Gasteiger partial charge in [0.25, 0.3) is 0 Å². The predicted octanol–water partition coefficient (Wildman–Crippen LogP) is 1.14. The number of hydrogen-bond donors (Lipinski definition) is 1. The van der Waals surface area contributed by atoms with Crippen molar-refractivity contribution in [2.45, 2.75) is 6.42 Å². The van der Waals surface area contributed by atoms with E-state index in [1.165, 1.54) is 12.1 Å². The van der Waals surface area contributed by atoms with Crippen LogP contribution in [0.3, 0.4) is 0 Å². The van der Waals surface area contributed by atoms with Gasteiger partial charge in [-0.05, 0) is 31.3 Å². The minimum absolute atomic E-state index is 0.786. The van der Waals surface area contributed by atoms with Gasteiger partial charge in [-0.1, -0.05) is 0 Å². The van der Waals surface area contributed by atoms with E-state index in [9.17, 15) is 0 Å². The molecule has 2 atom stereocenters. The zero-order chi connectivity index (χ0) is 11.7. The van der Waals surface area contributed by atoms with Gasteiger partial charge in [0.05, 0.1) is 25.2 Å². The number of piperidine rings is 2. The third-order valence-corrected chi connectivity index (χ3v) is 3.79. The van der Waals surface area contributed by atoms with Crippen LogP contribution >= 0.6 is 0 Å². The van der Waals surface area contributed by atoms with Gasteiger partial charge >= 0.3 is 0 Å². The van der Waals surface area contributed by atoms with Crippen molar-refractivity contribution in [3.05, 3.63) is 18.5 Å². The number of pyridine rings is 1. The molecule has 1 aromatic heterocycles. The zero-order valence-corrected chi connectivity index (χ0v) is 10.2. The highest BCUT2D eigenvalue weighted by molar-refractivity contribution is 5.48. The Morgan fingerprint density at radius 3 is 2.76 bits per heavy atom. The second kappa shape index (κ2) is 4.53. The SMILES string of the molecule is COc1cncc(N2CC3CNCC(C3)C2)c1. The molecule has 2 fully saturated rings. The minimum atomic E-state index is 0.786. The van der Waals surface area contributed by atoms with Crippen LogP contribution in [0.5, 0.6) is 5.75 Å². The first-order chi connectivity index (χ1) is 8.35. The minimum Gasteiger partial charge on any atom is -0.495 e. The maximum Gasteiger partial charge on any atom is 0.139 e. The molecule has 0 saturated carbocycles. The third kappa shape index (κ3) is 2.22. The Bertz CT molecular complexity index is 384. The first kappa shape index (κ1) is 10.8. The first-order valence-electron chi connectivity index (χ1n) is 6.30. The number of ether oxygens (including phenoxy) is 1. The van der Waals surface area contributed by atoms with E-state index < -0.39 is 0 Å². The second-order valence-electron chi connectivity index (χ2n) is 5.11. The summed E-state index contributed by atoms with van der Waals surface area (Å²) in [6.07, 6.45) is 5.08. The van der Waals surface area contributed by atoms with Crippen LogP contribution in [0, 0.1) is 11.8 Å². The number of methoxy groups -OCH3 is 1. The lowest BCUT2D eigenvalue weighted by molar-refractivity contribution is 0.249. The summed E-state index contributed by atoms with van der Waals surface area (Å²) < 4.78 is 5.24. The summed E-state index contributed by atoms with van der Waals surface area (Å²) in [5.74, 6) is 2.42. The first-order valence-corrected chi connectivity index (χ1v) is 6.30. The highest BCUT2D eigenvalue weighted by Crippen LogP contribution is 2.29. The number of nitrogens with one attached hydrogen (secondary N) is 1. The van der Waals surface area contributed by atoms with E-state index in [0.717, 1.165) is 43.8 Å². The number of nitrogens with zero attached hydrogens (tertiary/aromatic N) is 2. The van der Waals surface area contributed by atoms with Gasteiger partial charge in [0, 0.05) is 19.2 Å². The number of rotatable bonds is 2. The molecule has 92 valence electrons. The molecule has 0 aromatic carbocycles. The van der Waals surface area contributed by atoms with Crippen LogP contribution in [0.1, 0.15) is 6.42 Å². The Balaban J connectivity index is 1.79. The molecule has 0 aliphatic carbocycles. The normalized spacial score (nSPS) is 27.9. The molecule has 2 aliphatic heterocycles. The Morgan fingerprint density at radius 1 is 1.29 bits per heavy atom. The van der Waals surface area contributed by atoms with Crippen molar-refractivity contribution in [1.82, 2.24) is 10.3 Å². The molecule has 4 nitrogen and oxygen atoms in total. The summed E-state index contributed by atoms with van der Waals surface area (Å²) in [4.78, 5) is 6.70. The Morgan fingerprint density at radius 2 is 2.06 bits per heavy atom. The van der Waals surface area contributed by atoms with E-state index in [-0.39, 0.29) is 0 Å². The monoisotopic (exact) mass is 233 g/mol. The van der Waals surface area contributed by atoms with Crippen LogP contribution in [0.15, 0.2) is 18.5 Å². The molecule has 2 unspecified atom stereocenters. The summed E-state index contributed by atoms with van der Waals surface area (Å²) in [5, 5.41) is 3.51. The fraction of sp³-hybridized carbons (Fsp3) is 0.615. The summed E-state index contributed by atoms with van der Waals surface area (Å²) in [5.41, 5.74) is 1.20. The van der Waals surface area contributed by atoms with Gasteiger partial charge in [-0.3, -0.25) is 4.98 Å². The molecule has 2 bridgehead atoms. The molecular formula is C13H19N3O. The molecule has 3 rings (SSSR count). The molecule has 0 spiro atoms. The van der Waals surface area contributed by atoms with Crippen molar-refractivity contribution in [1.29, 1.82) is 0 Å². The van der Waals surface area contributed by atoms with E-state index in [1.54, 1.807) is 13.3 Å². The molecule has 17 heavy (non-hydrogen) atoms. The van der Waals surface area contributed by atoms with Crippen molar-refractivity contribution < 1.29 is 4.74 Å². The van der Waals surface area contributed by atoms with Gasteiger partial charge < -0.3 is 15.0 Å². The number of fused-ring (bicyclic) bond motifs is 2. The van der Waals surface area contributed by atoms with Crippen LogP contribution in [0.25, 0.3) is 0 Å². The van der Waals surface area contributed by atoms with Crippen molar-refractivity contribution in [2.75, 3.05) is 38.2 Å². The van der Waals surface area contributed by atoms with Crippen LogP contribution < -0.4 is 15.0 Å². The zero-order valence-electron chi connectivity index (χ0n) is 10.2. The summed E-state index contributed by atoms with van der Waals surface area (Å²) in [6, 6.07) is 2.08. The lowest BCUT2D eigenvalue weighted by Crippen LogP contribution is -2.51. The van der Waals surface area contributed by atoms with Gasteiger partial charge in [0.1, 0.15) is 5.75 Å². The van der Waals surface area contributed by atoms with Gasteiger partial charge in [-0.2, -0.15) is 0 Å². The van der Waals surface area contributed by atoms with Gasteiger partial charge in [-0.15, -0.1) is 0 Å². The maximum absolute atomic E-state index is 5.24. The Hall–Kier alpha value is -1.29. The fourth-order valence-corrected chi connectivity index (χ4v) is 3.01. The van der Waals surface area contributed by atoms with Crippen LogP contribution in [-0.2, 0) is 0 Å². The topological polar surface area (TPSA) is 37.4 Å². The Labute approximate surface area is 102 Å². The van der Waals surface area contributed by atoms with Crippen LogP contribution in [0.4, 0.5) is 5.69 Å². The average Bonchev–Trinajstić information content (AvgIpc) is 2.38. The standard InChI is InChI=1S/C13H19N3O/c1-17-13-3-12(6-15-7-13)16-8-10-2-11(9-16)5-14-4-10/h3,6-7,10-11,14H,2,4-5,8-9H2,1H3. The quantitative estimate of drug-likeness (QED) is 0.831. The molecule has 0 radical (unpaired) electrons. The average molecular weight is 233 g/mol. The van der Waals surface area contributed by atoms with Crippen LogP contribution in [0.2, 0.25) is 0 Å². The van der Waals surface area contributed by atoms with Gasteiger partial charge in [0.15, 0.2) is 0 Å². The number of hydrogen-bond acceptors (Lipinski definition) is 4. The molecule has 3 heterocycles. The summed E-state index contributed by atoms with van der Waals surface area (Å²) in [7, 11) is 1.69. The molecule has 1 aromatic rings. The molecule has 0 amide bonds. The van der Waals surface area contributed by atoms with E-state index in [1.807, 2.05) is 6.20 Å². The number of aromatic nitrogens is 1. The molecule has 2 aliphatic rings. The van der Waals surface area contributed by atoms with Crippen LogP contribution in [-0.4, -0.2) is 38.3 Å². The van der Waals surface area contributed by atoms with Gasteiger partial charge in [0.2, 0.25) is 0 Å². The predicted molar refractivity (Wildman–Crippen MR) is 67.5 cm³/mol. The van der Waals surface area contributed by atoms with Gasteiger partial charge in [-0.25, -0.2) is 0 Å². The second-order valence-corrected chi connectivity index (χ2v) is 5.11. The van der Waals surface area contributed by atoms with Crippen molar-refractivity contribution in [3.63, 3.8) is 0 Å². The summed E-state index contributed by atoms with van der Waals surface area (Å²) in [6.45, 7) is 4.59. The number of anilines is 1. The fourth-order valence-electron chi connectivity index (χ4n) is 3.01. The van der Waals surface area contributed by atoms with E-state index in [2.05, 4.69) is 21.3 Å². The van der Waals surface area contributed by atoms with Crippen molar-refractivity contribution >= 4 is 5.69 Å². The maximum atomic E-state index is 5.24. The molecule has 2 saturated heterocycles. The lowest BCUT2D eigenvalue weighted by atomic mass is 9.86. The van der Waals surface area contributed by atoms with E-state index in [0.29, 0.717) is 0 Å². The van der Waals surface area contributed by atoms with Crippen molar-refractivity contribution in [2.24, 2.45) is 11.8 Å². The lowest BCUT2D eigenvalue weighted by Gasteiger charge is -2.42. The third-order valence-electron chi connectivity index (χ3n) is 3.79. The molecule has 4 heteroatoms. The van der Waals surface area contributed by atoms with E-state index >= 15 is 0 Å². The largest absolute Gasteiger partial charge is 0.495 e. The smallest absolute Gasteiger partial charge is 0.139 e. The highest BCUT2D eigenvalue weighted by Gasteiger charge is 2.30. The highest BCUT2D eigenvalue weighted by atomic mass is 16.5. The summed E-state index contributed by atoms with van der Waals surface area (Å²) >= 11 is 0. The Kier molecular flexibility index (Phi) is 2.89. The molecule has 1 N–H and O–H groups in total. The molecular weight excluding hydrogens is 214 g/mol. The van der Waals surface area contributed by atoms with Crippen molar-refractivity contribution in [3.8, 4) is 5.75 Å².